The third kappa shape index (κ3) is 4.01. The molecule has 1 saturated heterocycles. The maximum atomic E-state index is 12.7. The predicted molar refractivity (Wildman–Crippen MR) is 111 cm³/mol. The first-order valence-corrected chi connectivity index (χ1v) is 10.5. The monoisotopic (exact) mass is 413 g/mol. The van der Waals surface area contributed by atoms with Crippen molar-refractivity contribution in [3.8, 4) is 0 Å². The first-order chi connectivity index (χ1) is 14.1. The van der Waals surface area contributed by atoms with Gasteiger partial charge in [0.2, 0.25) is 5.91 Å². The van der Waals surface area contributed by atoms with E-state index in [0.29, 0.717) is 5.82 Å². The molecule has 0 radical (unpaired) electrons. The quantitative estimate of drug-likeness (QED) is 0.625. The van der Waals surface area contributed by atoms with Crippen LogP contribution in [0.25, 0.3) is 10.2 Å². The van der Waals surface area contributed by atoms with E-state index in [2.05, 4.69) is 21.4 Å². The van der Waals surface area contributed by atoms with Crippen LogP contribution in [0.15, 0.2) is 30.5 Å². The minimum Gasteiger partial charge on any atom is -0.462 e. The number of aromatic nitrogens is 3. The molecule has 0 saturated carbocycles. The Morgan fingerprint density at radius 3 is 2.97 bits per heavy atom. The number of ether oxygens (including phenoxy) is 1. The van der Waals surface area contributed by atoms with Crippen molar-refractivity contribution in [3.05, 3.63) is 41.0 Å². The minimum absolute atomic E-state index is 0.134. The number of aryl methyl sites for hydroxylation is 1. The second kappa shape index (κ2) is 8.30. The Kier molecular flexibility index (Phi) is 5.59. The summed E-state index contributed by atoms with van der Waals surface area (Å²) in [5.41, 5.74) is 1.25. The van der Waals surface area contributed by atoms with Crippen LogP contribution in [0, 0.1) is 0 Å². The summed E-state index contributed by atoms with van der Waals surface area (Å²) in [5.74, 6) is -0.333. The number of anilines is 1. The highest BCUT2D eigenvalue weighted by atomic mass is 32.1. The molecule has 152 valence electrons. The van der Waals surface area contributed by atoms with E-state index in [1.165, 1.54) is 10.9 Å². The highest BCUT2D eigenvalue weighted by Gasteiger charge is 2.30. The molecule has 9 heteroatoms. The Balaban J connectivity index is 1.47. The van der Waals surface area contributed by atoms with Gasteiger partial charge in [0.25, 0.3) is 0 Å². The fraction of sp³-hybridized carbons (Fsp3) is 0.400. The summed E-state index contributed by atoms with van der Waals surface area (Å²) in [4.78, 5) is 31.7. The van der Waals surface area contributed by atoms with Gasteiger partial charge in [-0.3, -0.25) is 14.4 Å². The summed E-state index contributed by atoms with van der Waals surface area (Å²) in [6.45, 7) is 3.07. The third-order valence-corrected chi connectivity index (χ3v) is 6.14. The van der Waals surface area contributed by atoms with Crippen LogP contribution in [-0.2, 0) is 16.6 Å². The van der Waals surface area contributed by atoms with Crippen molar-refractivity contribution < 1.29 is 14.3 Å². The smallest absolute Gasteiger partial charge is 0.343 e. The standard InChI is InChI=1S/C20H23N5O3S/c1-3-28-20(27)13-11-21-24(2)18(13)23-17(26)12-25-10-6-8-15(25)19-22-14-7-4-5-9-16(14)29-19/h4-5,7,9,11,15H,3,6,8,10,12H2,1-2H3,(H,23,26). The molecular weight excluding hydrogens is 390 g/mol. The van der Waals surface area contributed by atoms with Gasteiger partial charge in [0.1, 0.15) is 16.4 Å². The van der Waals surface area contributed by atoms with Crippen LogP contribution in [0.2, 0.25) is 0 Å². The summed E-state index contributed by atoms with van der Waals surface area (Å²) in [6.07, 6.45) is 3.41. The van der Waals surface area contributed by atoms with Crippen LogP contribution in [-0.4, -0.2) is 51.2 Å². The van der Waals surface area contributed by atoms with Gasteiger partial charge in [0.15, 0.2) is 0 Å². The highest BCUT2D eigenvalue weighted by molar-refractivity contribution is 7.18. The van der Waals surface area contributed by atoms with Gasteiger partial charge in [-0.2, -0.15) is 5.10 Å². The number of carbonyl (C=O) groups is 2. The number of fused-ring (bicyclic) bond motifs is 1. The van der Waals surface area contributed by atoms with Crippen molar-refractivity contribution in [1.29, 1.82) is 0 Å². The highest BCUT2D eigenvalue weighted by Crippen LogP contribution is 2.36. The molecule has 1 aliphatic rings. The number of nitrogens with one attached hydrogen (secondary N) is 1. The lowest BCUT2D eigenvalue weighted by molar-refractivity contribution is -0.117. The summed E-state index contributed by atoms with van der Waals surface area (Å²) in [6, 6.07) is 8.22. The number of hydrogen-bond acceptors (Lipinski definition) is 7. The lowest BCUT2D eigenvalue weighted by Crippen LogP contribution is -2.33. The fourth-order valence-corrected chi connectivity index (χ4v) is 4.76. The number of thiazole rings is 1. The van der Waals surface area contributed by atoms with Crippen LogP contribution in [0.5, 0.6) is 0 Å². The lowest BCUT2D eigenvalue weighted by Gasteiger charge is -2.22. The molecule has 1 atom stereocenters. The number of rotatable bonds is 6. The van der Waals surface area contributed by atoms with Gasteiger partial charge in [-0.15, -0.1) is 11.3 Å². The van der Waals surface area contributed by atoms with E-state index in [-0.39, 0.29) is 30.7 Å². The number of likely N-dealkylation sites (tertiary alicyclic amines) is 1. The molecule has 0 aliphatic carbocycles. The molecule has 1 unspecified atom stereocenters. The lowest BCUT2D eigenvalue weighted by atomic mass is 10.2. The van der Waals surface area contributed by atoms with Crippen molar-refractivity contribution >= 4 is 39.2 Å². The molecule has 0 spiro atoms. The van der Waals surface area contributed by atoms with Crippen molar-refractivity contribution in [2.45, 2.75) is 25.8 Å². The van der Waals surface area contributed by atoms with E-state index in [9.17, 15) is 9.59 Å². The molecule has 1 aliphatic heterocycles. The van der Waals surface area contributed by atoms with Crippen LogP contribution >= 0.6 is 11.3 Å². The molecule has 0 bridgehead atoms. The van der Waals surface area contributed by atoms with Gasteiger partial charge in [0.05, 0.1) is 35.6 Å². The largest absolute Gasteiger partial charge is 0.462 e. The first-order valence-electron chi connectivity index (χ1n) is 9.65. The van der Waals surface area contributed by atoms with Gasteiger partial charge >= 0.3 is 5.97 Å². The zero-order chi connectivity index (χ0) is 20.4. The SMILES string of the molecule is CCOC(=O)c1cnn(C)c1NC(=O)CN1CCCC1c1nc2ccccc2s1. The van der Waals surface area contributed by atoms with Crippen LogP contribution < -0.4 is 5.32 Å². The maximum absolute atomic E-state index is 12.7. The van der Waals surface area contributed by atoms with E-state index in [4.69, 9.17) is 9.72 Å². The molecule has 1 fully saturated rings. The first kappa shape index (κ1) is 19.5. The van der Waals surface area contributed by atoms with Crippen molar-refractivity contribution in [2.75, 3.05) is 25.0 Å². The molecular formula is C20H23N5O3S. The van der Waals surface area contributed by atoms with Crippen LogP contribution in [0.3, 0.4) is 0 Å². The molecule has 1 amide bonds. The molecule has 3 heterocycles. The summed E-state index contributed by atoms with van der Waals surface area (Å²) < 4.78 is 7.67. The summed E-state index contributed by atoms with van der Waals surface area (Å²) in [5, 5.41) is 7.94. The number of benzene rings is 1. The van der Waals surface area contributed by atoms with E-state index in [0.717, 1.165) is 34.6 Å². The normalized spacial score (nSPS) is 17.0. The average Bonchev–Trinajstić information content (AvgIpc) is 3.41. The van der Waals surface area contributed by atoms with Gasteiger partial charge in [-0.05, 0) is 38.4 Å². The van der Waals surface area contributed by atoms with Crippen LogP contribution in [0.4, 0.5) is 5.82 Å². The Morgan fingerprint density at radius 1 is 1.34 bits per heavy atom. The number of carbonyl (C=O) groups excluding carboxylic acids is 2. The molecule has 29 heavy (non-hydrogen) atoms. The van der Waals surface area contributed by atoms with Gasteiger partial charge in [-0.1, -0.05) is 12.1 Å². The molecule has 4 rings (SSSR count). The van der Waals surface area contributed by atoms with Crippen LogP contribution in [0.1, 0.15) is 41.2 Å². The van der Waals surface area contributed by atoms with Crippen molar-refractivity contribution in [2.24, 2.45) is 7.05 Å². The number of para-hydroxylation sites is 1. The Labute approximate surface area is 172 Å². The van der Waals surface area contributed by atoms with E-state index < -0.39 is 5.97 Å². The van der Waals surface area contributed by atoms with Crippen molar-refractivity contribution in [1.82, 2.24) is 19.7 Å². The fourth-order valence-electron chi connectivity index (χ4n) is 3.63. The zero-order valence-corrected chi connectivity index (χ0v) is 17.2. The molecule has 1 aromatic carbocycles. The second-order valence-corrected chi connectivity index (χ2v) is 8.01. The average molecular weight is 414 g/mol. The number of esters is 1. The Morgan fingerprint density at radius 2 is 2.17 bits per heavy atom. The molecule has 8 nitrogen and oxygen atoms in total. The predicted octanol–water partition coefficient (Wildman–Crippen LogP) is 2.98. The minimum atomic E-state index is -0.496. The van der Waals surface area contributed by atoms with Gasteiger partial charge < -0.3 is 10.1 Å². The summed E-state index contributed by atoms with van der Waals surface area (Å²) >= 11 is 1.69. The number of amides is 1. The molecule has 3 aromatic rings. The molecule has 2 aromatic heterocycles. The van der Waals surface area contributed by atoms with Crippen molar-refractivity contribution in [3.63, 3.8) is 0 Å². The Bertz CT molecular complexity index is 1010. The zero-order valence-electron chi connectivity index (χ0n) is 16.4. The van der Waals surface area contributed by atoms with E-state index >= 15 is 0 Å². The van der Waals surface area contributed by atoms with Gasteiger partial charge in [-0.25, -0.2) is 9.78 Å². The third-order valence-electron chi connectivity index (χ3n) is 5.00. The number of nitrogens with zero attached hydrogens (tertiary/aromatic N) is 4. The molecule has 1 N–H and O–H groups in total. The Hall–Kier alpha value is -2.78. The van der Waals surface area contributed by atoms with E-state index in [1.807, 2.05) is 18.2 Å². The topological polar surface area (TPSA) is 89.3 Å². The maximum Gasteiger partial charge on any atom is 0.343 e. The second-order valence-electron chi connectivity index (χ2n) is 6.95. The van der Waals surface area contributed by atoms with E-state index in [1.54, 1.807) is 25.3 Å². The van der Waals surface area contributed by atoms with Gasteiger partial charge in [0, 0.05) is 7.05 Å². The number of hydrogen-bond donors (Lipinski definition) is 1. The summed E-state index contributed by atoms with van der Waals surface area (Å²) in [7, 11) is 1.68.